The third-order valence-corrected chi connectivity index (χ3v) is 3.04. The van der Waals surface area contributed by atoms with Crippen LogP contribution in [0.5, 0.6) is 0 Å². The summed E-state index contributed by atoms with van der Waals surface area (Å²) >= 11 is 0. The molecular weight excluding hydrogens is 256 g/mol. The van der Waals surface area contributed by atoms with Gasteiger partial charge >= 0.3 is 0 Å². The van der Waals surface area contributed by atoms with Crippen molar-refractivity contribution in [3.8, 4) is 0 Å². The van der Waals surface area contributed by atoms with E-state index in [2.05, 4.69) is 15.5 Å². The number of anilines is 1. The molecule has 0 bridgehead atoms. The minimum absolute atomic E-state index is 0.0604. The van der Waals surface area contributed by atoms with Crippen LogP contribution < -0.4 is 5.32 Å². The number of hydrogen-bond donors (Lipinski definition) is 1. The van der Waals surface area contributed by atoms with E-state index in [0.29, 0.717) is 17.9 Å². The molecule has 0 saturated heterocycles. The zero-order valence-electron chi connectivity index (χ0n) is 12.1. The monoisotopic (exact) mass is 274 g/mol. The Morgan fingerprint density at radius 3 is 2.60 bits per heavy atom. The van der Waals surface area contributed by atoms with Gasteiger partial charge in [0.1, 0.15) is 11.6 Å². The van der Waals surface area contributed by atoms with Crippen LogP contribution in [0.15, 0.2) is 22.9 Å². The average Bonchev–Trinajstić information content (AvgIpc) is 2.75. The van der Waals surface area contributed by atoms with Gasteiger partial charge in [-0.3, -0.25) is 4.79 Å². The summed E-state index contributed by atoms with van der Waals surface area (Å²) in [6.07, 6.45) is 1.57. The van der Waals surface area contributed by atoms with Crippen LogP contribution in [0, 0.1) is 13.8 Å². The number of aryl methyl sites for hydroxylation is 2. The molecule has 0 aliphatic heterocycles. The average molecular weight is 274 g/mol. The van der Waals surface area contributed by atoms with Crippen molar-refractivity contribution in [2.45, 2.75) is 20.4 Å². The molecule has 0 atom stereocenters. The van der Waals surface area contributed by atoms with Gasteiger partial charge in [-0.2, -0.15) is 0 Å². The minimum Gasteiger partial charge on any atom is -0.366 e. The second kappa shape index (κ2) is 5.73. The Kier molecular flexibility index (Phi) is 4.02. The van der Waals surface area contributed by atoms with Crippen LogP contribution in [0.2, 0.25) is 0 Å². The van der Waals surface area contributed by atoms with E-state index in [1.54, 1.807) is 32.4 Å². The highest BCUT2D eigenvalue weighted by Gasteiger charge is 2.10. The molecule has 2 aromatic rings. The van der Waals surface area contributed by atoms with Crippen molar-refractivity contribution >= 4 is 11.7 Å². The number of pyridine rings is 1. The number of hydrogen-bond acceptors (Lipinski definition) is 5. The molecule has 0 aliphatic rings. The normalized spacial score (nSPS) is 10.4. The Morgan fingerprint density at radius 1 is 1.35 bits per heavy atom. The van der Waals surface area contributed by atoms with Gasteiger partial charge in [0.25, 0.3) is 5.91 Å². The van der Waals surface area contributed by atoms with Crippen LogP contribution in [-0.2, 0) is 6.54 Å². The van der Waals surface area contributed by atoms with E-state index >= 15 is 0 Å². The van der Waals surface area contributed by atoms with Crippen LogP contribution >= 0.6 is 0 Å². The SMILES string of the molecule is Cc1noc(C)c1CNc1ccc(C(=O)N(C)C)cn1. The van der Waals surface area contributed by atoms with E-state index < -0.39 is 0 Å². The van der Waals surface area contributed by atoms with Gasteiger partial charge in [-0.15, -0.1) is 0 Å². The first-order chi connectivity index (χ1) is 9.49. The van der Waals surface area contributed by atoms with Crippen molar-refractivity contribution in [3.05, 3.63) is 40.9 Å². The van der Waals surface area contributed by atoms with Gasteiger partial charge in [-0.25, -0.2) is 4.98 Å². The molecule has 1 amide bonds. The maximum atomic E-state index is 11.7. The van der Waals surface area contributed by atoms with Crippen molar-refractivity contribution in [2.24, 2.45) is 0 Å². The first-order valence-corrected chi connectivity index (χ1v) is 6.32. The van der Waals surface area contributed by atoms with E-state index in [-0.39, 0.29) is 5.91 Å². The lowest BCUT2D eigenvalue weighted by atomic mass is 10.2. The maximum absolute atomic E-state index is 11.7. The van der Waals surface area contributed by atoms with Gasteiger partial charge in [-0.05, 0) is 26.0 Å². The number of aromatic nitrogens is 2. The molecule has 20 heavy (non-hydrogen) atoms. The van der Waals surface area contributed by atoms with Gasteiger partial charge in [0.05, 0.1) is 11.3 Å². The van der Waals surface area contributed by atoms with E-state index in [0.717, 1.165) is 17.0 Å². The summed E-state index contributed by atoms with van der Waals surface area (Å²) in [5.41, 5.74) is 2.47. The Hall–Kier alpha value is -2.37. The molecule has 2 heterocycles. The Bertz CT molecular complexity index is 583. The predicted molar refractivity (Wildman–Crippen MR) is 75.6 cm³/mol. The summed E-state index contributed by atoms with van der Waals surface area (Å²) in [6, 6.07) is 3.54. The molecule has 2 rings (SSSR count). The highest BCUT2D eigenvalue weighted by molar-refractivity contribution is 5.93. The van der Waals surface area contributed by atoms with E-state index in [1.165, 1.54) is 4.90 Å². The van der Waals surface area contributed by atoms with E-state index in [1.807, 2.05) is 13.8 Å². The fourth-order valence-electron chi connectivity index (χ4n) is 1.82. The lowest BCUT2D eigenvalue weighted by Crippen LogP contribution is -2.21. The van der Waals surface area contributed by atoms with Crippen LogP contribution in [-0.4, -0.2) is 35.0 Å². The summed E-state index contributed by atoms with van der Waals surface area (Å²) in [6.45, 7) is 4.37. The van der Waals surface area contributed by atoms with Crippen molar-refractivity contribution in [1.29, 1.82) is 0 Å². The molecular formula is C14H18N4O2. The summed E-state index contributed by atoms with van der Waals surface area (Å²) in [4.78, 5) is 17.5. The van der Waals surface area contributed by atoms with E-state index in [9.17, 15) is 4.79 Å². The molecule has 1 N–H and O–H groups in total. The van der Waals surface area contributed by atoms with Gasteiger partial charge in [0.15, 0.2) is 0 Å². The van der Waals surface area contributed by atoms with Crippen LogP contribution in [0.3, 0.4) is 0 Å². The van der Waals surface area contributed by atoms with Crippen molar-refractivity contribution in [3.63, 3.8) is 0 Å². The largest absolute Gasteiger partial charge is 0.366 e. The molecule has 0 saturated carbocycles. The quantitative estimate of drug-likeness (QED) is 0.923. The first kappa shape index (κ1) is 14.0. The second-order valence-electron chi connectivity index (χ2n) is 4.79. The lowest BCUT2D eigenvalue weighted by Gasteiger charge is -2.10. The smallest absolute Gasteiger partial charge is 0.254 e. The highest BCUT2D eigenvalue weighted by Crippen LogP contribution is 2.14. The first-order valence-electron chi connectivity index (χ1n) is 6.32. The molecule has 0 radical (unpaired) electrons. The number of nitrogens with one attached hydrogen (secondary N) is 1. The van der Waals surface area contributed by atoms with Crippen molar-refractivity contribution < 1.29 is 9.32 Å². The van der Waals surface area contributed by atoms with Crippen LogP contribution in [0.4, 0.5) is 5.82 Å². The van der Waals surface area contributed by atoms with Crippen molar-refractivity contribution in [2.75, 3.05) is 19.4 Å². The van der Waals surface area contributed by atoms with Crippen molar-refractivity contribution in [1.82, 2.24) is 15.0 Å². The molecule has 6 heteroatoms. The third-order valence-electron chi connectivity index (χ3n) is 3.04. The minimum atomic E-state index is -0.0604. The molecule has 106 valence electrons. The second-order valence-corrected chi connectivity index (χ2v) is 4.79. The zero-order chi connectivity index (χ0) is 14.7. The summed E-state index contributed by atoms with van der Waals surface area (Å²) in [7, 11) is 3.43. The Labute approximate surface area is 117 Å². The Balaban J connectivity index is 2.03. The fourth-order valence-corrected chi connectivity index (χ4v) is 1.82. The molecule has 0 aliphatic carbocycles. The summed E-state index contributed by atoms with van der Waals surface area (Å²) in [5.74, 6) is 1.45. The number of rotatable bonds is 4. The highest BCUT2D eigenvalue weighted by atomic mass is 16.5. The number of carbonyl (C=O) groups is 1. The third kappa shape index (κ3) is 2.96. The molecule has 2 aromatic heterocycles. The molecule has 0 aromatic carbocycles. The van der Waals surface area contributed by atoms with Crippen LogP contribution in [0.25, 0.3) is 0 Å². The number of nitrogens with zero attached hydrogens (tertiary/aromatic N) is 3. The van der Waals surface area contributed by atoms with Crippen LogP contribution in [0.1, 0.15) is 27.4 Å². The molecule has 0 fully saturated rings. The van der Waals surface area contributed by atoms with Gasteiger partial charge in [-0.1, -0.05) is 5.16 Å². The fraction of sp³-hybridized carbons (Fsp3) is 0.357. The summed E-state index contributed by atoms with van der Waals surface area (Å²) < 4.78 is 5.10. The van der Waals surface area contributed by atoms with Gasteiger partial charge in [0.2, 0.25) is 0 Å². The number of carbonyl (C=O) groups excluding carboxylic acids is 1. The van der Waals surface area contributed by atoms with E-state index in [4.69, 9.17) is 4.52 Å². The standard InChI is InChI=1S/C14H18N4O2/c1-9-12(10(2)20-17-9)8-16-13-6-5-11(7-15-13)14(19)18(3)4/h5-7H,8H2,1-4H3,(H,15,16). The lowest BCUT2D eigenvalue weighted by molar-refractivity contribution is 0.0827. The number of amides is 1. The molecule has 0 unspecified atom stereocenters. The molecule has 0 spiro atoms. The summed E-state index contributed by atoms with van der Waals surface area (Å²) in [5, 5.41) is 7.09. The maximum Gasteiger partial charge on any atom is 0.254 e. The zero-order valence-corrected chi connectivity index (χ0v) is 12.1. The predicted octanol–water partition coefficient (Wildman–Crippen LogP) is 2.00. The van der Waals surface area contributed by atoms with Gasteiger partial charge < -0.3 is 14.7 Å². The Morgan fingerprint density at radius 2 is 2.10 bits per heavy atom. The topological polar surface area (TPSA) is 71.3 Å². The van der Waals surface area contributed by atoms with Gasteiger partial charge in [0, 0.05) is 32.4 Å². The molecule has 6 nitrogen and oxygen atoms in total.